The van der Waals surface area contributed by atoms with Crippen molar-refractivity contribution in [2.45, 2.75) is 77.0 Å². The van der Waals surface area contributed by atoms with Crippen molar-refractivity contribution in [2.75, 3.05) is 39.4 Å². The fourth-order valence-corrected chi connectivity index (χ4v) is 6.72. The maximum absolute atomic E-state index is 13.8. The first kappa shape index (κ1) is 27.9. The molecule has 4 heterocycles. The lowest BCUT2D eigenvalue weighted by atomic mass is 9.80. The van der Waals surface area contributed by atoms with Crippen molar-refractivity contribution >= 4 is 22.7 Å². The Morgan fingerprint density at radius 3 is 2.51 bits per heavy atom. The van der Waals surface area contributed by atoms with Gasteiger partial charge in [-0.25, -0.2) is 0 Å². The van der Waals surface area contributed by atoms with Crippen molar-refractivity contribution in [2.24, 2.45) is 5.92 Å². The zero-order chi connectivity index (χ0) is 27.4. The molecule has 1 N–H and O–H groups in total. The third kappa shape index (κ3) is 5.93. The largest absolute Gasteiger partial charge is 0.459 e. The quantitative estimate of drug-likeness (QED) is 0.533. The third-order valence-corrected chi connectivity index (χ3v) is 8.72. The Hall–Kier alpha value is -2.68. The van der Waals surface area contributed by atoms with Gasteiger partial charge in [0, 0.05) is 62.7 Å². The number of piperidine rings is 2. The third-order valence-electron chi connectivity index (χ3n) is 8.72. The highest BCUT2D eigenvalue weighted by atomic mass is 16.7. The van der Waals surface area contributed by atoms with E-state index in [1.807, 2.05) is 48.4 Å². The Kier molecular flexibility index (Phi) is 9.05. The monoisotopic (exact) mass is 537 g/mol. The molecule has 3 aliphatic heterocycles. The molecule has 3 atom stereocenters. The van der Waals surface area contributed by atoms with Crippen LogP contribution in [0.5, 0.6) is 0 Å². The van der Waals surface area contributed by atoms with Gasteiger partial charge in [-0.15, -0.1) is 0 Å². The summed E-state index contributed by atoms with van der Waals surface area (Å²) in [5, 5.41) is 10.6. The van der Waals surface area contributed by atoms with E-state index < -0.39 is 6.29 Å². The molecule has 39 heavy (non-hydrogen) atoms. The predicted molar refractivity (Wildman–Crippen MR) is 150 cm³/mol. The minimum absolute atomic E-state index is 0.0605. The number of hydrogen-bond donors (Lipinski definition) is 1. The van der Waals surface area contributed by atoms with E-state index in [4.69, 9.17) is 9.47 Å². The van der Waals surface area contributed by atoms with Gasteiger partial charge in [-0.2, -0.15) is 0 Å². The van der Waals surface area contributed by atoms with Gasteiger partial charge in [-0.05, 0) is 76.2 Å². The Bertz CT molecular complexity index is 1180. The van der Waals surface area contributed by atoms with Crippen LogP contribution in [0.1, 0.15) is 75.1 Å². The zero-order valence-corrected chi connectivity index (χ0v) is 23.4. The van der Waals surface area contributed by atoms with Crippen LogP contribution in [0.4, 0.5) is 0 Å². The molecule has 8 nitrogen and oxygen atoms in total. The van der Waals surface area contributed by atoms with E-state index in [0.717, 1.165) is 42.4 Å². The standard InChI is InChI=1S/C31H43N3O5/c1-3-38-31-25(11-9-19-35)26(27-21-34(22(2)36)28-12-6-5-10-24(27)28)20-29(39-31)30(37)33-17-13-23(14-18-33)32-15-7-4-8-16-32/h5-6,10,12,20-21,23,25-26,31,35H,3-4,7-9,11,13-19H2,1-2H3/t25-,26-,31+/m1/s1. The summed E-state index contributed by atoms with van der Waals surface area (Å²) in [7, 11) is 0. The predicted octanol–water partition coefficient (Wildman–Crippen LogP) is 4.53. The SMILES string of the molecule is CCO[C@H]1OC(C(=O)N2CCC(N3CCCCC3)CC2)=C[C@@H](c2cn(C(C)=O)c3ccccc23)[C@H]1CCCO. The molecule has 0 unspecified atom stereocenters. The van der Waals surface area contributed by atoms with Crippen molar-refractivity contribution in [3.8, 4) is 0 Å². The van der Waals surface area contributed by atoms with Gasteiger partial charge in [0.1, 0.15) is 0 Å². The molecule has 0 radical (unpaired) electrons. The molecular weight excluding hydrogens is 494 g/mol. The van der Waals surface area contributed by atoms with E-state index in [1.165, 1.54) is 32.4 Å². The van der Waals surface area contributed by atoms with Gasteiger partial charge in [0.15, 0.2) is 5.76 Å². The van der Waals surface area contributed by atoms with Crippen molar-refractivity contribution in [1.82, 2.24) is 14.4 Å². The summed E-state index contributed by atoms with van der Waals surface area (Å²) in [6.45, 7) is 7.80. The lowest BCUT2D eigenvalue weighted by Gasteiger charge is -2.41. The number of para-hydroxylation sites is 1. The number of aliphatic hydroxyl groups is 1. The number of amides is 1. The van der Waals surface area contributed by atoms with Gasteiger partial charge < -0.3 is 24.4 Å². The highest BCUT2D eigenvalue weighted by Gasteiger charge is 2.40. The summed E-state index contributed by atoms with van der Waals surface area (Å²) in [6.07, 6.45) is 10.4. The van der Waals surface area contributed by atoms with Gasteiger partial charge in [0.05, 0.1) is 5.52 Å². The van der Waals surface area contributed by atoms with Crippen LogP contribution in [-0.2, 0) is 14.3 Å². The van der Waals surface area contributed by atoms with Crippen LogP contribution in [0.25, 0.3) is 10.9 Å². The zero-order valence-electron chi connectivity index (χ0n) is 23.4. The smallest absolute Gasteiger partial charge is 0.288 e. The van der Waals surface area contributed by atoms with Crippen molar-refractivity contribution in [1.29, 1.82) is 0 Å². The van der Waals surface area contributed by atoms with E-state index in [-0.39, 0.29) is 30.3 Å². The second-order valence-electron chi connectivity index (χ2n) is 11.1. The highest BCUT2D eigenvalue weighted by Crippen LogP contribution is 2.43. The van der Waals surface area contributed by atoms with Crippen LogP contribution in [0.3, 0.4) is 0 Å². The van der Waals surface area contributed by atoms with Crippen LogP contribution in [0.2, 0.25) is 0 Å². The van der Waals surface area contributed by atoms with Gasteiger partial charge >= 0.3 is 0 Å². The van der Waals surface area contributed by atoms with Crippen LogP contribution in [-0.4, -0.2) is 83.0 Å². The normalized spacial score (nSPS) is 24.9. The van der Waals surface area contributed by atoms with Crippen molar-refractivity contribution in [3.63, 3.8) is 0 Å². The summed E-state index contributed by atoms with van der Waals surface area (Å²) >= 11 is 0. The van der Waals surface area contributed by atoms with E-state index in [1.54, 1.807) is 11.5 Å². The van der Waals surface area contributed by atoms with Gasteiger partial charge in [-0.1, -0.05) is 24.6 Å². The number of allylic oxidation sites excluding steroid dienone is 1. The summed E-state index contributed by atoms with van der Waals surface area (Å²) in [6, 6.07) is 8.43. The fourth-order valence-electron chi connectivity index (χ4n) is 6.72. The molecule has 1 aromatic heterocycles. The Morgan fingerprint density at radius 2 is 1.82 bits per heavy atom. The molecule has 5 rings (SSSR count). The second kappa shape index (κ2) is 12.7. The number of benzene rings is 1. The van der Waals surface area contributed by atoms with E-state index in [0.29, 0.717) is 31.2 Å². The molecule has 2 saturated heterocycles. The number of rotatable bonds is 8. The molecule has 3 aliphatic rings. The van der Waals surface area contributed by atoms with Crippen LogP contribution in [0, 0.1) is 5.92 Å². The molecule has 212 valence electrons. The van der Waals surface area contributed by atoms with E-state index in [2.05, 4.69) is 4.90 Å². The minimum atomic E-state index is -0.610. The average molecular weight is 538 g/mol. The summed E-state index contributed by atoms with van der Waals surface area (Å²) in [5.74, 6) is -0.121. The molecule has 0 bridgehead atoms. The van der Waals surface area contributed by atoms with Gasteiger partial charge in [0.25, 0.3) is 5.91 Å². The first-order chi connectivity index (χ1) is 19.0. The molecular formula is C31H43N3O5. The number of aromatic nitrogens is 1. The molecule has 0 saturated carbocycles. The summed E-state index contributed by atoms with van der Waals surface area (Å²) in [5.41, 5.74) is 1.83. The molecule has 8 heteroatoms. The molecule has 0 spiro atoms. The number of carbonyl (C=O) groups excluding carboxylic acids is 2. The Balaban J connectivity index is 1.45. The van der Waals surface area contributed by atoms with Gasteiger partial charge in [-0.3, -0.25) is 14.2 Å². The van der Waals surface area contributed by atoms with Crippen LogP contribution < -0.4 is 0 Å². The van der Waals surface area contributed by atoms with Crippen molar-refractivity contribution < 1.29 is 24.2 Å². The summed E-state index contributed by atoms with van der Waals surface area (Å²) in [4.78, 5) is 30.9. The topological polar surface area (TPSA) is 84.2 Å². The molecule has 1 aromatic carbocycles. The maximum Gasteiger partial charge on any atom is 0.288 e. The summed E-state index contributed by atoms with van der Waals surface area (Å²) < 4.78 is 14.1. The van der Waals surface area contributed by atoms with Crippen LogP contribution in [0.15, 0.2) is 42.3 Å². The average Bonchev–Trinajstić information content (AvgIpc) is 3.36. The number of likely N-dealkylation sites (tertiary alicyclic amines) is 2. The number of carbonyl (C=O) groups is 2. The van der Waals surface area contributed by atoms with Crippen LogP contribution >= 0.6 is 0 Å². The Morgan fingerprint density at radius 1 is 1.08 bits per heavy atom. The number of nitrogens with zero attached hydrogens (tertiary/aromatic N) is 3. The lowest BCUT2D eigenvalue weighted by Crippen LogP contribution is -2.49. The number of aliphatic hydroxyl groups excluding tert-OH is 1. The number of fused-ring (bicyclic) bond motifs is 1. The second-order valence-corrected chi connectivity index (χ2v) is 11.1. The Labute approximate surface area is 231 Å². The van der Waals surface area contributed by atoms with E-state index >= 15 is 0 Å². The lowest BCUT2D eigenvalue weighted by molar-refractivity contribution is -0.170. The fraction of sp³-hybridized carbons (Fsp3) is 0.613. The molecule has 0 aliphatic carbocycles. The molecule has 2 fully saturated rings. The van der Waals surface area contributed by atoms with Gasteiger partial charge in [0.2, 0.25) is 12.2 Å². The first-order valence-corrected chi connectivity index (χ1v) is 14.8. The highest BCUT2D eigenvalue weighted by molar-refractivity contribution is 5.95. The molecule has 1 amide bonds. The molecule has 2 aromatic rings. The minimum Gasteiger partial charge on any atom is -0.459 e. The maximum atomic E-state index is 13.8. The number of hydrogen-bond acceptors (Lipinski definition) is 6. The van der Waals surface area contributed by atoms with E-state index in [9.17, 15) is 14.7 Å². The van der Waals surface area contributed by atoms with Crippen molar-refractivity contribution in [3.05, 3.63) is 47.9 Å². The first-order valence-electron chi connectivity index (χ1n) is 14.8. The number of ether oxygens (including phenoxy) is 2.